The number of carbonyl (C=O) groups excluding carboxylic acids is 3. The predicted octanol–water partition coefficient (Wildman–Crippen LogP) is 3.40. The van der Waals surface area contributed by atoms with Gasteiger partial charge in [-0.3, -0.25) is 14.6 Å². The summed E-state index contributed by atoms with van der Waals surface area (Å²) in [6.45, 7) is -2.44. The summed E-state index contributed by atoms with van der Waals surface area (Å²) in [4.78, 5) is 44.5. The minimum absolute atomic E-state index is 0.242. The second kappa shape index (κ2) is 10.7. The van der Waals surface area contributed by atoms with Gasteiger partial charge in [0.15, 0.2) is 0 Å². The number of rotatable bonds is 7. The van der Waals surface area contributed by atoms with E-state index in [9.17, 15) is 36.3 Å². The third kappa shape index (κ3) is 6.02. The molecule has 0 bridgehead atoms. The van der Waals surface area contributed by atoms with Crippen molar-refractivity contribution in [2.45, 2.75) is 55.3 Å². The summed E-state index contributed by atoms with van der Waals surface area (Å²) in [7, 11) is 0. The van der Waals surface area contributed by atoms with E-state index in [0.717, 1.165) is 9.80 Å². The average Bonchev–Trinajstić information content (AvgIpc) is 3.29. The fourth-order valence-corrected chi connectivity index (χ4v) is 5.27. The first-order valence-electron chi connectivity index (χ1n) is 12.9. The molecule has 13 heteroatoms. The van der Waals surface area contributed by atoms with Gasteiger partial charge in [-0.2, -0.15) is 0 Å². The fourth-order valence-electron chi connectivity index (χ4n) is 5.27. The molecule has 3 heterocycles. The Kier molecular flexibility index (Phi) is 7.40. The third-order valence-electron chi connectivity index (χ3n) is 7.48. The average molecular weight is 566 g/mol. The number of hydrogen-bond donors (Lipinski definition) is 2. The van der Waals surface area contributed by atoms with Gasteiger partial charge in [0.1, 0.15) is 12.2 Å². The minimum Gasteiger partial charge on any atom is -0.342 e. The van der Waals surface area contributed by atoms with Crippen LogP contribution in [0, 0.1) is 0 Å². The number of halogens is 5. The van der Waals surface area contributed by atoms with Crippen molar-refractivity contribution in [1.29, 1.82) is 0 Å². The second-order valence-corrected chi connectivity index (χ2v) is 10.6. The second-order valence-electron chi connectivity index (χ2n) is 10.6. The van der Waals surface area contributed by atoms with Crippen LogP contribution in [0.5, 0.6) is 0 Å². The Labute approximate surface area is 226 Å². The normalized spacial score (nSPS) is 24.0. The van der Waals surface area contributed by atoms with Gasteiger partial charge in [0.2, 0.25) is 17.7 Å². The maximum Gasteiger partial charge on any atom is 0.318 e. The first kappa shape index (κ1) is 27.8. The highest BCUT2D eigenvalue weighted by atomic mass is 19.3. The topological polar surface area (TPSA) is 94.6 Å². The summed E-state index contributed by atoms with van der Waals surface area (Å²) in [5, 5.41) is 5.08. The maximum atomic E-state index is 14.4. The van der Waals surface area contributed by atoms with Crippen molar-refractivity contribution >= 4 is 17.8 Å². The van der Waals surface area contributed by atoms with Gasteiger partial charge < -0.3 is 20.4 Å². The lowest BCUT2D eigenvalue weighted by Crippen LogP contribution is -2.61. The molecule has 3 unspecified atom stereocenters. The highest BCUT2D eigenvalue weighted by Crippen LogP contribution is 2.48. The van der Waals surface area contributed by atoms with Crippen LogP contribution in [0.3, 0.4) is 0 Å². The van der Waals surface area contributed by atoms with Crippen LogP contribution in [-0.2, 0) is 9.59 Å². The fraction of sp³-hybridized carbons (Fsp3) is 0.481. The quantitative estimate of drug-likeness (QED) is 0.504. The molecule has 2 N–H and O–H groups in total. The molecule has 3 atom stereocenters. The van der Waals surface area contributed by atoms with Crippen molar-refractivity contribution in [3.05, 3.63) is 65.5 Å². The molecule has 8 nitrogen and oxygen atoms in total. The van der Waals surface area contributed by atoms with Gasteiger partial charge >= 0.3 is 6.03 Å². The van der Waals surface area contributed by atoms with Crippen molar-refractivity contribution in [3.63, 3.8) is 0 Å². The van der Waals surface area contributed by atoms with E-state index < -0.39 is 67.6 Å². The molecule has 0 spiro atoms. The Hall–Kier alpha value is -3.77. The van der Waals surface area contributed by atoms with Crippen LogP contribution in [0.15, 0.2) is 48.7 Å². The van der Waals surface area contributed by atoms with E-state index >= 15 is 0 Å². The molecule has 1 aromatic heterocycles. The largest absolute Gasteiger partial charge is 0.342 e. The van der Waals surface area contributed by atoms with Crippen LogP contribution < -0.4 is 10.6 Å². The number of aromatic nitrogens is 1. The molecule has 40 heavy (non-hydrogen) atoms. The Bertz CT molecular complexity index is 1250. The number of carbonyl (C=O) groups is 3. The van der Waals surface area contributed by atoms with Crippen LogP contribution in [0.2, 0.25) is 0 Å². The van der Waals surface area contributed by atoms with Gasteiger partial charge in [0.05, 0.1) is 37.9 Å². The Morgan fingerprint density at radius 1 is 1.00 bits per heavy atom. The van der Waals surface area contributed by atoms with Crippen molar-refractivity contribution in [2.75, 3.05) is 26.2 Å². The smallest absolute Gasteiger partial charge is 0.318 e. The van der Waals surface area contributed by atoms with E-state index in [0.29, 0.717) is 16.8 Å². The van der Waals surface area contributed by atoms with Crippen LogP contribution in [0.4, 0.5) is 26.7 Å². The lowest BCUT2D eigenvalue weighted by atomic mass is 9.77. The monoisotopic (exact) mass is 565 g/mol. The zero-order valence-electron chi connectivity index (χ0n) is 21.3. The lowest BCUT2D eigenvalue weighted by Gasteiger charge is -2.38. The van der Waals surface area contributed by atoms with E-state index in [1.54, 1.807) is 42.5 Å². The van der Waals surface area contributed by atoms with E-state index in [4.69, 9.17) is 0 Å². The summed E-state index contributed by atoms with van der Waals surface area (Å²) in [6, 6.07) is 9.39. The summed E-state index contributed by atoms with van der Waals surface area (Å²) in [6.07, 6.45) is -0.704. The van der Waals surface area contributed by atoms with Gasteiger partial charge in [0, 0.05) is 25.5 Å². The van der Waals surface area contributed by atoms with Crippen LogP contribution in [-0.4, -0.2) is 82.9 Å². The van der Waals surface area contributed by atoms with E-state index in [1.807, 2.05) is 0 Å². The molecule has 2 aromatic rings. The molecule has 2 saturated heterocycles. The van der Waals surface area contributed by atoms with Gasteiger partial charge in [-0.1, -0.05) is 36.4 Å². The molecular weight excluding hydrogens is 537 g/mol. The number of likely N-dealkylation sites (tertiary alicyclic amines) is 2. The zero-order chi connectivity index (χ0) is 28.7. The van der Waals surface area contributed by atoms with E-state index in [-0.39, 0.29) is 31.7 Å². The van der Waals surface area contributed by atoms with Gasteiger partial charge in [-0.15, -0.1) is 0 Å². The number of nitrogens with zero attached hydrogens (tertiary/aromatic N) is 3. The molecule has 1 aliphatic carbocycles. The first-order valence-corrected chi connectivity index (χ1v) is 12.9. The highest BCUT2D eigenvalue weighted by Gasteiger charge is 2.47. The molecule has 1 saturated carbocycles. The first-order chi connectivity index (χ1) is 18.9. The molecule has 0 radical (unpaired) electrons. The van der Waals surface area contributed by atoms with Crippen molar-refractivity contribution in [2.24, 2.45) is 0 Å². The number of alkyl halides is 5. The van der Waals surface area contributed by atoms with Crippen LogP contribution in [0.1, 0.15) is 48.0 Å². The molecule has 5 rings (SSSR count). The highest BCUT2D eigenvalue weighted by molar-refractivity contribution is 5.91. The molecule has 214 valence electrons. The summed E-state index contributed by atoms with van der Waals surface area (Å²) >= 11 is 0. The van der Waals surface area contributed by atoms with E-state index in [2.05, 4.69) is 15.6 Å². The zero-order valence-corrected chi connectivity index (χ0v) is 21.3. The summed E-state index contributed by atoms with van der Waals surface area (Å²) in [5.41, 5.74) is 1.77. The third-order valence-corrected chi connectivity index (χ3v) is 7.48. The molecular formula is C27H28F5N5O3. The molecule has 2 aliphatic heterocycles. The molecule has 3 fully saturated rings. The van der Waals surface area contributed by atoms with Gasteiger partial charge in [0.25, 0.3) is 5.92 Å². The lowest BCUT2D eigenvalue weighted by molar-refractivity contribution is -0.138. The van der Waals surface area contributed by atoms with Crippen molar-refractivity contribution in [1.82, 2.24) is 25.4 Å². The van der Waals surface area contributed by atoms with Crippen LogP contribution in [0.25, 0.3) is 0 Å². The Balaban J connectivity index is 1.26. The van der Waals surface area contributed by atoms with Crippen molar-refractivity contribution in [3.8, 4) is 0 Å². The number of nitrogens with one attached hydrogen (secondary N) is 2. The number of pyridine rings is 1. The number of hydrogen-bond acceptors (Lipinski definition) is 4. The molecule has 1 aromatic carbocycles. The Morgan fingerprint density at radius 2 is 1.70 bits per heavy atom. The molecule has 4 amide bonds. The minimum atomic E-state index is -2.96. The van der Waals surface area contributed by atoms with Gasteiger partial charge in [-0.05, 0) is 23.1 Å². The summed E-state index contributed by atoms with van der Waals surface area (Å²) < 4.78 is 67.0. The molecule has 3 aliphatic rings. The maximum absolute atomic E-state index is 14.4. The van der Waals surface area contributed by atoms with Crippen molar-refractivity contribution < 1.29 is 36.3 Å². The SMILES string of the molecule is O=C(NC(c1ccccc1)c1ccc(C2CC(F)(F)C2)cn1)C1CC(F)CN1C(=O)CNC(=O)N1CC(F)(F)C1. The van der Waals surface area contributed by atoms with Gasteiger partial charge in [-0.25, -0.2) is 26.7 Å². The summed E-state index contributed by atoms with van der Waals surface area (Å²) in [5.74, 6) is -7.29. The predicted molar refractivity (Wildman–Crippen MR) is 133 cm³/mol. The number of urea groups is 1. The Morgan fingerprint density at radius 3 is 2.30 bits per heavy atom. The number of benzene rings is 1. The number of amides is 4. The van der Waals surface area contributed by atoms with E-state index in [1.165, 1.54) is 6.20 Å². The standard InChI is InChI=1S/C27H28F5N5O3/c28-19-8-21(37(13-19)22(38)12-34-25(40)36-14-27(31,32)15-36)24(39)35-23(16-4-2-1-3-5-16)20-7-6-17(11-33-20)18-9-26(29,30)10-18/h1-7,11,18-19,21,23H,8-10,12-15H2,(H,34,40)(H,35,39). The van der Waals surface area contributed by atoms with Crippen LogP contribution >= 0.6 is 0 Å².